The third kappa shape index (κ3) is 4.89. The van der Waals surface area contributed by atoms with Crippen LogP contribution in [0.3, 0.4) is 0 Å². The van der Waals surface area contributed by atoms with Gasteiger partial charge in [-0.2, -0.15) is 0 Å². The quantitative estimate of drug-likeness (QED) is 0.626. The van der Waals surface area contributed by atoms with Gasteiger partial charge in [0.1, 0.15) is 0 Å². The Balaban J connectivity index is 1.85. The number of hydrogen-bond donors (Lipinski definition) is 1. The van der Waals surface area contributed by atoms with Crippen LogP contribution >= 0.6 is 15.9 Å². The number of rotatable bonds is 6. The molecule has 6 heteroatoms. The van der Waals surface area contributed by atoms with E-state index in [4.69, 9.17) is 9.47 Å². The molecule has 0 aliphatic carbocycles. The Kier molecular flexibility index (Phi) is 6.32. The maximum absolute atomic E-state index is 11.0. The summed E-state index contributed by atoms with van der Waals surface area (Å²) in [5.74, 6) is 1.39. The van der Waals surface area contributed by atoms with Crippen LogP contribution < -0.4 is 14.8 Å². The maximum Gasteiger partial charge on any atom is 0.305 e. The minimum absolute atomic E-state index is 0.171. The zero-order valence-corrected chi connectivity index (χ0v) is 13.7. The lowest BCUT2D eigenvalue weighted by atomic mass is 10.2. The second-order valence-corrected chi connectivity index (χ2v) is 5.67. The van der Waals surface area contributed by atoms with Crippen molar-refractivity contribution in [2.24, 2.45) is 0 Å². The predicted octanol–water partition coefficient (Wildman–Crippen LogP) is 2.65. The Morgan fingerprint density at radius 2 is 2.19 bits per heavy atom. The molecule has 116 valence electrons. The SMILES string of the molecule is COC(=O)CCCNCc1cc(Br)c2c(c1)OCCCO2. The number of methoxy groups -OCH3 is 1. The average molecular weight is 358 g/mol. The molecular weight excluding hydrogens is 338 g/mol. The van der Waals surface area contributed by atoms with Crippen molar-refractivity contribution in [3.05, 3.63) is 22.2 Å². The molecule has 0 saturated carbocycles. The zero-order valence-electron chi connectivity index (χ0n) is 12.1. The number of benzene rings is 1. The van der Waals surface area contributed by atoms with E-state index in [-0.39, 0.29) is 5.97 Å². The topological polar surface area (TPSA) is 56.8 Å². The van der Waals surface area contributed by atoms with Crippen molar-refractivity contribution in [2.75, 3.05) is 26.9 Å². The first-order chi connectivity index (χ1) is 10.2. The van der Waals surface area contributed by atoms with Crippen molar-refractivity contribution < 1.29 is 19.0 Å². The summed E-state index contributed by atoms with van der Waals surface area (Å²) >= 11 is 3.52. The van der Waals surface area contributed by atoms with Crippen molar-refractivity contribution in [1.29, 1.82) is 0 Å². The molecule has 0 saturated heterocycles. The van der Waals surface area contributed by atoms with Gasteiger partial charge in [0.05, 0.1) is 24.8 Å². The average Bonchev–Trinajstić information content (AvgIpc) is 2.72. The van der Waals surface area contributed by atoms with E-state index >= 15 is 0 Å². The summed E-state index contributed by atoms with van der Waals surface area (Å²) in [7, 11) is 1.41. The minimum Gasteiger partial charge on any atom is -0.490 e. The summed E-state index contributed by atoms with van der Waals surface area (Å²) < 4.78 is 16.9. The molecule has 1 aromatic carbocycles. The molecule has 1 N–H and O–H groups in total. The highest BCUT2D eigenvalue weighted by Crippen LogP contribution is 2.38. The summed E-state index contributed by atoms with van der Waals surface area (Å²) in [5.41, 5.74) is 1.11. The van der Waals surface area contributed by atoms with Crippen LogP contribution in [0.5, 0.6) is 11.5 Å². The first-order valence-electron chi connectivity index (χ1n) is 7.06. The Morgan fingerprint density at radius 1 is 1.38 bits per heavy atom. The number of halogens is 1. The molecule has 0 fully saturated rings. The van der Waals surface area contributed by atoms with E-state index < -0.39 is 0 Å². The van der Waals surface area contributed by atoms with Crippen LogP contribution in [0.2, 0.25) is 0 Å². The van der Waals surface area contributed by atoms with E-state index in [1.54, 1.807) is 0 Å². The molecule has 5 nitrogen and oxygen atoms in total. The van der Waals surface area contributed by atoms with Crippen LogP contribution in [0, 0.1) is 0 Å². The normalized spacial score (nSPS) is 13.6. The van der Waals surface area contributed by atoms with E-state index in [2.05, 4.69) is 26.0 Å². The smallest absolute Gasteiger partial charge is 0.305 e. The number of nitrogens with one attached hydrogen (secondary N) is 1. The van der Waals surface area contributed by atoms with Crippen molar-refractivity contribution in [3.8, 4) is 11.5 Å². The van der Waals surface area contributed by atoms with Gasteiger partial charge in [-0.05, 0) is 46.6 Å². The third-order valence-electron chi connectivity index (χ3n) is 3.15. The van der Waals surface area contributed by atoms with E-state index in [1.807, 2.05) is 12.1 Å². The van der Waals surface area contributed by atoms with Gasteiger partial charge in [0.15, 0.2) is 11.5 Å². The number of esters is 1. The van der Waals surface area contributed by atoms with Gasteiger partial charge in [0.2, 0.25) is 0 Å². The van der Waals surface area contributed by atoms with Gasteiger partial charge in [-0.3, -0.25) is 4.79 Å². The Hall–Kier alpha value is -1.27. The summed E-state index contributed by atoms with van der Waals surface area (Å²) in [5, 5.41) is 3.31. The number of ether oxygens (including phenoxy) is 3. The van der Waals surface area contributed by atoms with Crippen LogP contribution in [0.4, 0.5) is 0 Å². The lowest BCUT2D eigenvalue weighted by Gasteiger charge is -2.12. The summed E-state index contributed by atoms with van der Waals surface area (Å²) in [6.07, 6.45) is 2.09. The highest BCUT2D eigenvalue weighted by atomic mass is 79.9. The first-order valence-corrected chi connectivity index (χ1v) is 7.85. The summed E-state index contributed by atoms with van der Waals surface area (Å²) in [6.45, 7) is 2.84. The molecule has 2 rings (SSSR count). The Morgan fingerprint density at radius 3 is 3.00 bits per heavy atom. The number of carbonyl (C=O) groups is 1. The fourth-order valence-corrected chi connectivity index (χ4v) is 2.68. The van der Waals surface area contributed by atoms with Crippen LogP contribution in [0.25, 0.3) is 0 Å². The first kappa shape index (κ1) is 16.1. The summed E-state index contributed by atoms with van der Waals surface area (Å²) in [4.78, 5) is 11.0. The largest absolute Gasteiger partial charge is 0.490 e. The molecule has 21 heavy (non-hydrogen) atoms. The van der Waals surface area contributed by atoms with Gasteiger partial charge in [0.25, 0.3) is 0 Å². The molecular formula is C15H20BrNO4. The molecule has 0 bridgehead atoms. The Labute approximate surface area is 133 Å². The van der Waals surface area contributed by atoms with Gasteiger partial charge in [-0.15, -0.1) is 0 Å². The molecule has 0 aromatic heterocycles. The molecule has 0 spiro atoms. The lowest BCUT2D eigenvalue weighted by molar-refractivity contribution is -0.140. The minimum atomic E-state index is -0.171. The van der Waals surface area contributed by atoms with Crippen LogP contribution in [-0.2, 0) is 16.1 Å². The molecule has 0 radical (unpaired) electrons. The van der Waals surface area contributed by atoms with E-state index in [0.717, 1.165) is 47.5 Å². The van der Waals surface area contributed by atoms with E-state index in [0.29, 0.717) is 19.6 Å². The second-order valence-electron chi connectivity index (χ2n) is 4.81. The fraction of sp³-hybridized carbons (Fsp3) is 0.533. The van der Waals surface area contributed by atoms with Crippen LogP contribution in [0.15, 0.2) is 16.6 Å². The maximum atomic E-state index is 11.0. The Bertz CT molecular complexity index is 493. The molecule has 1 heterocycles. The van der Waals surface area contributed by atoms with E-state index in [1.165, 1.54) is 7.11 Å². The fourth-order valence-electron chi connectivity index (χ4n) is 2.08. The van der Waals surface area contributed by atoms with Gasteiger partial charge >= 0.3 is 5.97 Å². The molecule has 0 unspecified atom stereocenters. The summed E-state index contributed by atoms with van der Waals surface area (Å²) in [6, 6.07) is 4.03. The lowest BCUT2D eigenvalue weighted by Crippen LogP contribution is -2.16. The number of hydrogen-bond acceptors (Lipinski definition) is 5. The van der Waals surface area contributed by atoms with Crippen molar-refractivity contribution in [1.82, 2.24) is 5.32 Å². The number of carbonyl (C=O) groups excluding carboxylic acids is 1. The third-order valence-corrected chi connectivity index (χ3v) is 3.74. The predicted molar refractivity (Wildman–Crippen MR) is 82.7 cm³/mol. The van der Waals surface area contributed by atoms with Gasteiger partial charge in [0, 0.05) is 19.4 Å². The van der Waals surface area contributed by atoms with Crippen molar-refractivity contribution in [3.63, 3.8) is 0 Å². The standard InChI is InChI=1S/C15H20BrNO4/c1-19-14(18)4-2-5-17-10-11-8-12(16)15-13(9-11)20-6-3-7-21-15/h8-9,17H,2-7,10H2,1H3. The van der Waals surface area contributed by atoms with Crippen LogP contribution in [-0.4, -0.2) is 32.8 Å². The molecule has 0 amide bonds. The van der Waals surface area contributed by atoms with Crippen molar-refractivity contribution in [2.45, 2.75) is 25.8 Å². The van der Waals surface area contributed by atoms with Gasteiger partial charge in [-0.1, -0.05) is 0 Å². The second kappa shape index (κ2) is 8.24. The molecule has 1 aliphatic rings. The van der Waals surface area contributed by atoms with Gasteiger partial charge in [-0.25, -0.2) is 0 Å². The monoisotopic (exact) mass is 357 g/mol. The zero-order chi connectivity index (χ0) is 15.1. The van der Waals surface area contributed by atoms with Crippen molar-refractivity contribution >= 4 is 21.9 Å². The highest BCUT2D eigenvalue weighted by Gasteiger charge is 2.15. The van der Waals surface area contributed by atoms with Gasteiger partial charge < -0.3 is 19.5 Å². The van der Waals surface area contributed by atoms with E-state index in [9.17, 15) is 4.79 Å². The number of fused-ring (bicyclic) bond motifs is 1. The van der Waals surface area contributed by atoms with Crippen LogP contribution in [0.1, 0.15) is 24.8 Å². The highest BCUT2D eigenvalue weighted by molar-refractivity contribution is 9.10. The molecule has 1 aromatic rings. The molecule has 1 aliphatic heterocycles. The molecule has 0 atom stereocenters.